The number of anilines is 1. The zero-order valence-electron chi connectivity index (χ0n) is 13.5. The van der Waals surface area contributed by atoms with E-state index in [0.717, 1.165) is 35.9 Å². The van der Waals surface area contributed by atoms with Crippen molar-refractivity contribution in [2.75, 3.05) is 19.0 Å². The van der Waals surface area contributed by atoms with Gasteiger partial charge in [-0.2, -0.15) is 0 Å². The van der Waals surface area contributed by atoms with Gasteiger partial charge >= 0.3 is 6.09 Å². The van der Waals surface area contributed by atoms with Gasteiger partial charge in [-0.15, -0.1) is 0 Å². The molecule has 7 heteroatoms. The molecule has 1 N–H and O–H groups in total. The van der Waals surface area contributed by atoms with Gasteiger partial charge in [0.05, 0.1) is 19.3 Å². The quantitative estimate of drug-likeness (QED) is 0.916. The van der Waals surface area contributed by atoms with Crippen LogP contribution in [0.15, 0.2) is 0 Å². The Balaban J connectivity index is 1.54. The second-order valence-corrected chi connectivity index (χ2v) is 7.34. The summed E-state index contributed by atoms with van der Waals surface area (Å²) in [5.41, 5.74) is 0.987. The summed E-state index contributed by atoms with van der Waals surface area (Å²) >= 11 is 1.43. The van der Waals surface area contributed by atoms with Crippen LogP contribution >= 0.6 is 11.3 Å². The molecule has 0 saturated heterocycles. The van der Waals surface area contributed by atoms with Crippen LogP contribution in [0.4, 0.5) is 9.93 Å². The SMILES string of the molecule is COC(=O)Nc1nc2c(s1)CN(C(=O)CCC1CCCC1)CC2. The third kappa shape index (κ3) is 4.02. The Hall–Kier alpha value is -1.63. The highest BCUT2D eigenvalue weighted by molar-refractivity contribution is 7.15. The first-order chi connectivity index (χ1) is 11.2. The van der Waals surface area contributed by atoms with Crippen LogP contribution in [-0.2, 0) is 22.5 Å². The Morgan fingerprint density at radius 2 is 2.17 bits per heavy atom. The molecule has 2 heterocycles. The van der Waals surface area contributed by atoms with Gasteiger partial charge in [0.25, 0.3) is 0 Å². The number of nitrogens with one attached hydrogen (secondary N) is 1. The first-order valence-corrected chi connectivity index (χ1v) is 9.08. The van der Waals surface area contributed by atoms with Crippen LogP contribution in [0.25, 0.3) is 0 Å². The second-order valence-electron chi connectivity index (χ2n) is 6.26. The molecule has 2 amide bonds. The van der Waals surface area contributed by atoms with Gasteiger partial charge in [-0.25, -0.2) is 9.78 Å². The Labute approximate surface area is 140 Å². The molecule has 23 heavy (non-hydrogen) atoms. The fourth-order valence-corrected chi connectivity index (χ4v) is 4.39. The lowest BCUT2D eigenvalue weighted by Crippen LogP contribution is -2.35. The van der Waals surface area contributed by atoms with Gasteiger partial charge in [0.1, 0.15) is 0 Å². The van der Waals surface area contributed by atoms with Crippen LogP contribution in [0.3, 0.4) is 0 Å². The van der Waals surface area contributed by atoms with E-state index in [9.17, 15) is 9.59 Å². The molecule has 0 bridgehead atoms. The number of fused-ring (bicyclic) bond motifs is 1. The maximum atomic E-state index is 12.4. The molecular formula is C16H23N3O3S. The van der Waals surface area contributed by atoms with Gasteiger partial charge < -0.3 is 9.64 Å². The van der Waals surface area contributed by atoms with E-state index in [1.165, 1.54) is 44.1 Å². The van der Waals surface area contributed by atoms with Gasteiger partial charge in [0, 0.05) is 24.3 Å². The standard InChI is InChI=1S/C16H23N3O3S/c1-22-16(21)18-15-17-12-8-9-19(10-13(12)23-15)14(20)7-6-11-4-2-3-5-11/h11H,2-10H2,1H3,(H,17,18,21). The van der Waals surface area contributed by atoms with Crippen LogP contribution in [0.5, 0.6) is 0 Å². The highest BCUT2D eigenvalue weighted by Crippen LogP contribution is 2.31. The third-order valence-electron chi connectivity index (χ3n) is 4.72. The van der Waals surface area contributed by atoms with E-state index < -0.39 is 6.09 Å². The molecule has 6 nitrogen and oxygen atoms in total. The molecule has 2 aliphatic rings. The largest absolute Gasteiger partial charge is 0.453 e. The minimum absolute atomic E-state index is 0.249. The number of aromatic nitrogens is 1. The molecule has 3 rings (SSSR count). The van der Waals surface area contributed by atoms with Crippen molar-refractivity contribution in [2.24, 2.45) is 5.92 Å². The average Bonchev–Trinajstić information content (AvgIpc) is 3.20. The number of ether oxygens (including phenoxy) is 1. The smallest absolute Gasteiger partial charge is 0.413 e. The third-order valence-corrected chi connectivity index (χ3v) is 5.72. The summed E-state index contributed by atoms with van der Waals surface area (Å²) in [6, 6.07) is 0. The Morgan fingerprint density at radius 3 is 2.91 bits per heavy atom. The van der Waals surface area contributed by atoms with Crippen LogP contribution in [0.2, 0.25) is 0 Å². The van der Waals surface area contributed by atoms with Crippen LogP contribution in [-0.4, -0.2) is 35.5 Å². The van der Waals surface area contributed by atoms with Gasteiger partial charge in [-0.1, -0.05) is 37.0 Å². The Kier molecular flexibility index (Phi) is 5.15. The maximum absolute atomic E-state index is 12.4. The second kappa shape index (κ2) is 7.29. The number of methoxy groups -OCH3 is 1. The number of carbonyl (C=O) groups excluding carboxylic acids is 2. The zero-order chi connectivity index (χ0) is 16.2. The van der Waals surface area contributed by atoms with Gasteiger partial charge in [-0.05, 0) is 12.3 Å². The van der Waals surface area contributed by atoms with Crippen LogP contribution < -0.4 is 5.32 Å². The molecule has 1 aliphatic carbocycles. The lowest BCUT2D eigenvalue weighted by Gasteiger charge is -2.26. The summed E-state index contributed by atoms with van der Waals surface area (Å²) in [6.07, 6.45) is 7.14. The number of nitrogens with zero attached hydrogens (tertiary/aromatic N) is 2. The van der Waals surface area contributed by atoms with Crippen molar-refractivity contribution in [1.29, 1.82) is 0 Å². The van der Waals surface area contributed by atoms with E-state index in [4.69, 9.17) is 0 Å². The summed E-state index contributed by atoms with van der Waals surface area (Å²) in [5.74, 6) is 0.997. The normalized spacial score (nSPS) is 17.9. The summed E-state index contributed by atoms with van der Waals surface area (Å²) in [5, 5.41) is 3.14. The highest BCUT2D eigenvalue weighted by atomic mass is 32.1. The monoisotopic (exact) mass is 337 g/mol. The minimum Gasteiger partial charge on any atom is -0.453 e. The van der Waals surface area contributed by atoms with Crippen molar-refractivity contribution in [3.05, 3.63) is 10.6 Å². The first kappa shape index (κ1) is 16.2. The van der Waals surface area contributed by atoms with Crippen molar-refractivity contribution in [2.45, 2.75) is 51.5 Å². The Bertz CT molecular complexity index is 581. The molecule has 0 spiro atoms. The van der Waals surface area contributed by atoms with Crippen molar-refractivity contribution in [3.8, 4) is 0 Å². The van der Waals surface area contributed by atoms with Gasteiger partial charge in [0.2, 0.25) is 5.91 Å². The van der Waals surface area contributed by atoms with E-state index in [1.807, 2.05) is 4.90 Å². The van der Waals surface area contributed by atoms with Crippen LogP contribution in [0, 0.1) is 5.92 Å². The van der Waals surface area contributed by atoms with E-state index >= 15 is 0 Å². The van der Waals surface area contributed by atoms with Crippen molar-refractivity contribution >= 4 is 28.5 Å². The first-order valence-electron chi connectivity index (χ1n) is 8.27. The fourth-order valence-electron chi connectivity index (χ4n) is 3.38. The molecule has 0 unspecified atom stereocenters. The maximum Gasteiger partial charge on any atom is 0.413 e. The van der Waals surface area contributed by atoms with Gasteiger partial charge in [0.15, 0.2) is 5.13 Å². The average molecular weight is 337 g/mol. The number of carbonyl (C=O) groups is 2. The molecule has 1 aromatic heterocycles. The Morgan fingerprint density at radius 1 is 1.39 bits per heavy atom. The molecule has 0 radical (unpaired) electrons. The number of hydrogen-bond acceptors (Lipinski definition) is 5. The summed E-state index contributed by atoms with van der Waals surface area (Å²) in [4.78, 5) is 31.1. The molecule has 126 valence electrons. The van der Waals surface area contributed by atoms with E-state index in [-0.39, 0.29) is 5.91 Å². The highest BCUT2D eigenvalue weighted by Gasteiger charge is 2.25. The minimum atomic E-state index is -0.513. The number of amides is 2. The molecular weight excluding hydrogens is 314 g/mol. The predicted molar refractivity (Wildman–Crippen MR) is 88.5 cm³/mol. The van der Waals surface area contributed by atoms with Gasteiger partial charge in [-0.3, -0.25) is 10.1 Å². The summed E-state index contributed by atoms with van der Waals surface area (Å²) < 4.78 is 4.58. The lowest BCUT2D eigenvalue weighted by atomic mass is 10.0. The number of thiazole rings is 1. The lowest BCUT2D eigenvalue weighted by molar-refractivity contribution is -0.132. The van der Waals surface area contributed by atoms with E-state index in [2.05, 4.69) is 15.0 Å². The molecule has 1 saturated carbocycles. The summed E-state index contributed by atoms with van der Waals surface area (Å²) in [6.45, 7) is 1.33. The molecule has 0 atom stereocenters. The molecule has 1 fully saturated rings. The van der Waals surface area contributed by atoms with Crippen molar-refractivity contribution < 1.29 is 14.3 Å². The molecule has 0 aromatic carbocycles. The predicted octanol–water partition coefficient (Wildman–Crippen LogP) is 3.18. The molecule has 1 aromatic rings. The van der Waals surface area contributed by atoms with Crippen molar-refractivity contribution in [3.63, 3.8) is 0 Å². The van der Waals surface area contributed by atoms with Crippen LogP contribution in [0.1, 0.15) is 49.1 Å². The fraction of sp³-hybridized carbons (Fsp3) is 0.688. The van der Waals surface area contributed by atoms with E-state index in [0.29, 0.717) is 18.1 Å². The zero-order valence-corrected chi connectivity index (χ0v) is 14.3. The van der Waals surface area contributed by atoms with Crippen molar-refractivity contribution in [1.82, 2.24) is 9.88 Å². The topological polar surface area (TPSA) is 71.5 Å². The number of hydrogen-bond donors (Lipinski definition) is 1. The molecule has 1 aliphatic heterocycles. The van der Waals surface area contributed by atoms with E-state index in [1.54, 1.807) is 0 Å². The number of rotatable bonds is 4. The summed E-state index contributed by atoms with van der Waals surface area (Å²) in [7, 11) is 1.33.